The Morgan fingerprint density at radius 3 is 2.27 bits per heavy atom. The quantitative estimate of drug-likeness (QED) is 0.439. The maximum Gasteiger partial charge on any atom is 0.269 e. The van der Waals surface area contributed by atoms with E-state index in [4.69, 9.17) is 4.74 Å². The molecule has 172 valence electrons. The van der Waals surface area contributed by atoms with Gasteiger partial charge >= 0.3 is 0 Å². The van der Waals surface area contributed by atoms with Crippen LogP contribution < -0.4 is 20.3 Å². The molecule has 33 heavy (non-hydrogen) atoms. The van der Waals surface area contributed by atoms with Crippen LogP contribution in [0.1, 0.15) is 35.2 Å². The molecule has 9 heteroatoms. The average molecular weight is 468 g/mol. The van der Waals surface area contributed by atoms with Gasteiger partial charge in [0.2, 0.25) is 5.91 Å². The van der Waals surface area contributed by atoms with Crippen molar-refractivity contribution in [2.75, 3.05) is 11.8 Å². The number of carbonyl (C=O) groups is 2. The van der Waals surface area contributed by atoms with Crippen LogP contribution in [0.4, 0.5) is 5.69 Å². The Kier molecular flexibility index (Phi) is 7.68. The van der Waals surface area contributed by atoms with Gasteiger partial charge < -0.3 is 4.74 Å². The molecule has 3 rings (SSSR count). The summed E-state index contributed by atoms with van der Waals surface area (Å²) in [6.07, 6.45) is 0.185. The van der Waals surface area contributed by atoms with Crippen LogP contribution in [-0.2, 0) is 14.8 Å². The second kappa shape index (κ2) is 10.6. The Hall–Kier alpha value is -3.85. The van der Waals surface area contributed by atoms with Crippen LogP contribution >= 0.6 is 0 Å². The molecular formula is C24H25N3O5S. The van der Waals surface area contributed by atoms with Crippen LogP contribution in [0.2, 0.25) is 0 Å². The number of ether oxygens (including phenoxy) is 1. The summed E-state index contributed by atoms with van der Waals surface area (Å²) in [5.41, 5.74) is 6.16. The van der Waals surface area contributed by atoms with Crippen molar-refractivity contribution in [1.29, 1.82) is 0 Å². The Labute approximate surface area is 193 Å². The van der Waals surface area contributed by atoms with Gasteiger partial charge in [-0.15, -0.1) is 0 Å². The normalized spacial score (nSPS) is 11.8. The first kappa shape index (κ1) is 23.8. The zero-order valence-corrected chi connectivity index (χ0v) is 19.1. The number of methoxy groups -OCH3 is 1. The van der Waals surface area contributed by atoms with Crippen molar-refractivity contribution in [1.82, 2.24) is 10.9 Å². The first-order valence-electron chi connectivity index (χ1n) is 10.2. The van der Waals surface area contributed by atoms with Gasteiger partial charge in [0.25, 0.3) is 15.9 Å². The molecule has 0 radical (unpaired) electrons. The molecule has 0 fully saturated rings. The highest BCUT2D eigenvalue weighted by Crippen LogP contribution is 2.20. The highest BCUT2D eigenvalue weighted by molar-refractivity contribution is 7.92. The van der Waals surface area contributed by atoms with Gasteiger partial charge in [-0.25, -0.2) is 8.42 Å². The molecule has 0 saturated carbocycles. The van der Waals surface area contributed by atoms with Crippen LogP contribution in [0, 0.1) is 0 Å². The zero-order valence-electron chi connectivity index (χ0n) is 18.2. The summed E-state index contributed by atoms with van der Waals surface area (Å²) in [6.45, 7) is 1.92. The van der Waals surface area contributed by atoms with Gasteiger partial charge in [-0.2, -0.15) is 0 Å². The molecule has 8 nitrogen and oxygen atoms in total. The topological polar surface area (TPSA) is 114 Å². The number of amides is 2. The van der Waals surface area contributed by atoms with Crippen LogP contribution in [0.25, 0.3) is 0 Å². The molecule has 0 bridgehead atoms. The lowest BCUT2D eigenvalue weighted by Crippen LogP contribution is -2.42. The van der Waals surface area contributed by atoms with Crippen molar-refractivity contribution in [2.24, 2.45) is 0 Å². The number of carbonyl (C=O) groups excluding carboxylic acids is 2. The average Bonchev–Trinajstić information content (AvgIpc) is 2.83. The van der Waals surface area contributed by atoms with Crippen molar-refractivity contribution < 1.29 is 22.7 Å². The van der Waals surface area contributed by atoms with E-state index in [1.54, 1.807) is 24.3 Å². The number of hydrogen-bond acceptors (Lipinski definition) is 5. The zero-order chi connectivity index (χ0) is 23.8. The van der Waals surface area contributed by atoms with Crippen LogP contribution in [0.3, 0.4) is 0 Å². The lowest BCUT2D eigenvalue weighted by atomic mass is 9.98. The fraction of sp³-hybridized carbons (Fsp3) is 0.167. The first-order chi connectivity index (χ1) is 15.8. The Bertz CT molecular complexity index is 1210. The monoisotopic (exact) mass is 467 g/mol. The van der Waals surface area contributed by atoms with E-state index in [1.165, 1.54) is 31.4 Å². The second-order valence-corrected chi connectivity index (χ2v) is 9.06. The third-order valence-corrected chi connectivity index (χ3v) is 6.30. The SMILES string of the molecule is COc1ccc(NS(=O)(=O)c2cccc(C(=O)NNC(=O)C[C@@H](C)c3ccccc3)c2)cc1. The summed E-state index contributed by atoms with van der Waals surface area (Å²) in [4.78, 5) is 24.6. The highest BCUT2D eigenvalue weighted by atomic mass is 32.2. The van der Waals surface area contributed by atoms with E-state index in [0.29, 0.717) is 11.4 Å². The molecule has 3 aromatic rings. The molecule has 0 aromatic heterocycles. The lowest BCUT2D eigenvalue weighted by Gasteiger charge is -2.13. The van der Waals surface area contributed by atoms with Crippen LogP contribution in [-0.4, -0.2) is 27.3 Å². The fourth-order valence-electron chi connectivity index (χ4n) is 3.10. The third kappa shape index (κ3) is 6.56. The number of sulfonamides is 1. The van der Waals surface area contributed by atoms with E-state index in [9.17, 15) is 18.0 Å². The maximum atomic E-state index is 12.7. The number of nitrogens with one attached hydrogen (secondary N) is 3. The number of anilines is 1. The lowest BCUT2D eigenvalue weighted by molar-refractivity contribution is -0.122. The van der Waals surface area contributed by atoms with E-state index in [1.807, 2.05) is 37.3 Å². The van der Waals surface area contributed by atoms with Crippen molar-refractivity contribution in [3.8, 4) is 5.75 Å². The number of rotatable bonds is 8. The largest absolute Gasteiger partial charge is 0.497 e. The molecule has 1 atom stereocenters. The van der Waals surface area contributed by atoms with Gasteiger partial charge in [-0.05, 0) is 53.9 Å². The molecular weight excluding hydrogens is 442 g/mol. The summed E-state index contributed by atoms with van der Waals surface area (Å²) < 4.78 is 32.9. The molecule has 0 spiro atoms. The molecule has 0 heterocycles. The van der Waals surface area contributed by atoms with Crippen molar-refractivity contribution >= 4 is 27.5 Å². The van der Waals surface area contributed by atoms with Crippen molar-refractivity contribution in [2.45, 2.75) is 24.2 Å². The minimum Gasteiger partial charge on any atom is -0.497 e. The first-order valence-corrected chi connectivity index (χ1v) is 11.7. The number of hydrogen-bond donors (Lipinski definition) is 3. The summed E-state index contributed by atoms with van der Waals surface area (Å²) in [5.74, 6) is -0.417. The minimum absolute atomic E-state index is 0.0272. The van der Waals surface area contributed by atoms with Gasteiger partial charge in [0.15, 0.2) is 0 Å². The Morgan fingerprint density at radius 1 is 0.909 bits per heavy atom. The van der Waals surface area contributed by atoms with Crippen molar-refractivity contribution in [3.05, 3.63) is 90.0 Å². The molecule has 0 aliphatic heterocycles. The summed E-state index contributed by atoms with van der Waals surface area (Å²) in [6, 6.07) is 21.5. The van der Waals surface area contributed by atoms with Crippen LogP contribution in [0.15, 0.2) is 83.8 Å². The van der Waals surface area contributed by atoms with Crippen LogP contribution in [0.5, 0.6) is 5.75 Å². The standard InChI is InChI=1S/C24H25N3O5S/c1-17(18-7-4-3-5-8-18)15-23(28)25-26-24(29)19-9-6-10-22(16-19)33(30,31)27-20-11-13-21(32-2)14-12-20/h3-14,16-17,27H,15H2,1-2H3,(H,25,28)(H,26,29)/t17-/m1/s1. The molecule has 0 unspecified atom stereocenters. The predicted octanol–water partition coefficient (Wildman–Crippen LogP) is 3.45. The number of benzene rings is 3. The third-order valence-electron chi connectivity index (χ3n) is 4.92. The summed E-state index contributed by atoms with van der Waals surface area (Å²) in [5, 5.41) is 0. The van der Waals surface area contributed by atoms with E-state index >= 15 is 0 Å². The van der Waals surface area contributed by atoms with E-state index in [0.717, 1.165) is 5.56 Å². The molecule has 0 saturated heterocycles. The van der Waals surface area contributed by atoms with Gasteiger partial charge in [0.05, 0.1) is 12.0 Å². The Balaban J connectivity index is 1.60. The molecule has 0 aliphatic carbocycles. The maximum absolute atomic E-state index is 12.7. The van der Waals surface area contributed by atoms with Gasteiger partial charge in [-0.3, -0.25) is 25.2 Å². The van der Waals surface area contributed by atoms with E-state index in [-0.39, 0.29) is 28.7 Å². The van der Waals surface area contributed by atoms with Gasteiger partial charge in [0, 0.05) is 17.7 Å². The smallest absolute Gasteiger partial charge is 0.269 e. The second-order valence-electron chi connectivity index (χ2n) is 7.38. The predicted molar refractivity (Wildman–Crippen MR) is 125 cm³/mol. The highest BCUT2D eigenvalue weighted by Gasteiger charge is 2.17. The molecule has 3 aromatic carbocycles. The van der Waals surface area contributed by atoms with E-state index in [2.05, 4.69) is 15.6 Å². The van der Waals surface area contributed by atoms with Gasteiger partial charge in [0.1, 0.15) is 5.75 Å². The van der Waals surface area contributed by atoms with Gasteiger partial charge in [-0.1, -0.05) is 43.3 Å². The fourth-order valence-corrected chi connectivity index (χ4v) is 4.21. The minimum atomic E-state index is -3.92. The molecule has 2 amide bonds. The van der Waals surface area contributed by atoms with E-state index < -0.39 is 15.9 Å². The number of hydrazine groups is 1. The summed E-state index contributed by atoms with van der Waals surface area (Å²) >= 11 is 0. The summed E-state index contributed by atoms with van der Waals surface area (Å²) in [7, 11) is -2.41. The molecule has 3 N–H and O–H groups in total. The van der Waals surface area contributed by atoms with Crippen molar-refractivity contribution in [3.63, 3.8) is 0 Å². The molecule has 0 aliphatic rings. The Morgan fingerprint density at radius 2 is 1.61 bits per heavy atom.